The largest absolute Gasteiger partial charge is 0.353 e. The maximum absolute atomic E-state index is 13.6. The minimum Gasteiger partial charge on any atom is -0.353 e. The normalized spacial score (nSPS) is 15.7. The van der Waals surface area contributed by atoms with E-state index in [0.29, 0.717) is 56.7 Å². The fraction of sp³-hybridized carbons (Fsp3) is 0.423. The van der Waals surface area contributed by atoms with E-state index >= 15 is 0 Å². The molecule has 2 aliphatic heterocycles. The summed E-state index contributed by atoms with van der Waals surface area (Å²) in [5, 5.41) is 1.66. The number of pyridine rings is 1. The van der Waals surface area contributed by atoms with E-state index in [1.807, 2.05) is 36.8 Å². The van der Waals surface area contributed by atoms with E-state index in [1.165, 1.54) is 12.1 Å². The smallest absolute Gasteiger partial charge is 0.273 e. The number of benzene rings is 1. The highest BCUT2D eigenvalue weighted by molar-refractivity contribution is 5.98. The number of anilines is 2. The molecule has 4 heterocycles. The lowest BCUT2D eigenvalue weighted by Gasteiger charge is -2.34. The van der Waals surface area contributed by atoms with Crippen LogP contribution < -0.4 is 9.80 Å². The van der Waals surface area contributed by atoms with Crippen molar-refractivity contribution < 1.29 is 14.0 Å². The van der Waals surface area contributed by atoms with Gasteiger partial charge in [-0.25, -0.2) is 9.37 Å². The number of piperazine rings is 1. The fourth-order valence-corrected chi connectivity index (χ4v) is 4.82. The third-order valence-electron chi connectivity index (χ3n) is 6.90. The first-order valence-electron chi connectivity index (χ1n) is 12.2. The summed E-state index contributed by atoms with van der Waals surface area (Å²) in [7, 11) is 1.93. The molecule has 0 N–H and O–H groups in total. The SMILES string of the molecule is CC(=O)N1CCN(c2nc3c(c(N(C)Cc4cc5ccc(F)cc5cn4)n2)CN(C(C)C)C3=O)CC1. The first kappa shape index (κ1) is 23.9. The van der Waals surface area contributed by atoms with Crippen molar-refractivity contribution >= 4 is 34.4 Å². The lowest BCUT2D eigenvalue weighted by molar-refractivity contribution is -0.129. The minimum absolute atomic E-state index is 0.0370. The third kappa shape index (κ3) is 4.43. The first-order valence-corrected chi connectivity index (χ1v) is 12.2. The highest BCUT2D eigenvalue weighted by Gasteiger charge is 2.36. The van der Waals surface area contributed by atoms with Gasteiger partial charge in [0.25, 0.3) is 5.91 Å². The van der Waals surface area contributed by atoms with Gasteiger partial charge in [-0.1, -0.05) is 6.07 Å². The summed E-state index contributed by atoms with van der Waals surface area (Å²) in [5.74, 6) is 0.868. The van der Waals surface area contributed by atoms with Crippen molar-refractivity contribution in [3.63, 3.8) is 0 Å². The van der Waals surface area contributed by atoms with Gasteiger partial charge in [-0.3, -0.25) is 14.6 Å². The fourth-order valence-electron chi connectivity index (χ4n) is 4.82. The number of halogens is 1. The van der Waals surface area contributed by atoms with Crippen molar-refractivity contribution in [1.82, 2.24) is 24.8 Å². The Balaban J connectivity index is 1.48. The Labute approximate surface area is 209 Å². The molecular weight excluding hydrogens is 461 g/mol. The van der Waals surface area contributed by atoms with Crippen LogP contribution in [0.3, 0.4) is 0 Å². The molecule has 0 saturated carbocycles. The molecule has 1 saturated heterocycles. The van der Waals surface area contributed by atoms with Gasteiger partial charge in [0.05, 0.1) is 18.8 Å². The van der Waals surface area contributed by atoms with Crippen LogP contribution in [-0.2, 0) is 17.9 Å². The standard InChI is InChI=1S/C26H30FN7O2/c1-16(2)34-15-22-23(25(34)36)29-26(33-9-7-32(8-10-33)17(3)35)30-24(22)31(4)14-21-12-18-5-6-20(27)11-19(18)13-28-21/h5-6,11-13,16H,7-10,14-15H2,1-4H3. The topological polar surface area (TPSA) is 85.8 Å². The molecule has 1 fully saturated rings. The molecule has 0 bridgehead atoms. The van der Waals surface area contributed by atoms with Gasteiger partial charge in [0.2, 0.25) is 11.9 Å². The average Bonchev–Trinajstić information content (AvgIpc) is 3.20. The Morgan fingerprint density at radius 2 is 1.86 bits per heavy atom. The maximum Gasteiger partial charge on any atom is 0.273 e. The number of rotatable bonds is 5. The van der Waals surface area contributed by atoms with Crippen molar-refractivity contribution in [3.05, 3.63) is 53.2 Å². The highest BCUT2D eigenvalue weighted by atomic mass is 19.1. The van der Waals surface area contributed by atoms with Crippen LogP contribution in [0.25, 0.3) is 10.8 Å². The molecule has 2 aromatic heterocycles. The summed E-state index contributed by atoms with van der Waals surface area (Å²) in [6.07, 6.45) is 1.68. The van der Waals surface area contributed by atoms with Gasteiger partial charge in [0.15, 0.2) is 0 Å². The lowest BCUT2D eigenvalue weighted by atomic mass is 10.1. The monoisotopic (exact) mass is 491 g/mol. The van der Waals surface area contributed by atoms with Crippen molar-refractivity contribution in [2.75, 3.05) is 43.0 Å². The van der Waals surface area contributed by atoms with Gasteiger partial charge in [0, 0.05) is 63.3 Å². The van der Waals surface area contributed by atoms with Crippen LogP contribution in [0, 0.1) is 5.82 Å². The molecule has 188 valence electrons. The highest BCUT2D eigenvalue weighted by Crippen LogP contribution is 2.33. The third-order valence-corrected chi connectivity index (χ3v) is 6.90. The molecule has 2 aliphatic rings. The molecule has 36 heavy (non-hydrogen) atoms. The van der Waals surface area contributed by atoms with Gasteiger partial charge >= 0.3 is 0 Å². The number of hydrogen-bond acceptors (Lipinski definition) is 7. The van der Waals surface area contributed by atoms with Gasteiger partial charge in [0.1, 0.15) is 17.3 Å². The zero-order valence-corrected chi connectivity index (χ0v) is 21.0. The number of aromatic nitrogens is 3. The number of hydrogen-bond donors (Lipinski definition) is 0. The van der Waals surface area contributed by atoms with Crippen molar-refractivity contribution in [1.29, 1.82) is 0 Å². The van der Waals surface area contributed by atoms with Crippen molar-refractivity contribution in [2.45, 2.75) is 39.9 Å². The second kappa shape index (κ2) is 9.33. The van der Waals surface area contributed by atoms with E-state index in [2.05, 4.69) is 4.98 Å². The van der Waals surface area contributed by atoms with Crippen LogP contribution in [0.5, 0.6) is 0 Å². The second-order valence-electron chi connectivity index (χ2n) is 9.72. The van der Waals surface area contributed by atoms with Gasteiger partial charge in [-0.15, -0.1) is 0 Å². The maximum atomic E-state index is 13.6. The van der Waals surface area contributed by atoms with Crippen molar-refractivity contribution in [3.8, 4) is 0 Å². The zero-order valence-electron chi connectivity index (χ0n) is 21.0. The van der Waals surface area contributed by atoms with Gasteiger partial charge in [-0.05, 0) is 37.4 Å². The molecule has 3 aromatic rings. The Morgan fingerprint density at radius 3 is 2.56 bits per heavy atom. The molecule has 2 amide bonds. The van der Waals surface area contributed by atoms with Gasteiger partial charge in [-0.2, -0.15) is 4.98 Å². The van der Waals surface area contributed by atoms with Crippen LogP contribution in [0.15, 0.2) is 30.5 Å². The summed E-state index contributed by atoms with van der Waals surface area (Å²) >= 11 is 0. The quantitative estimate of drug-likeness (QED) is 0.543. The minimum atomic E-state index is -0.290. The molecule has 0 atom stereocenters. The van der Waals surface area contributed by atoms with E-state index in [-0.39, 0.29) is 23.7 Å². The lowest BCUT2D eigenvalue weighted by Crippen LogP contribution is -2.48. The Hall–Kier alpha value is -3.82. The molecule has 0 radical (unpaired) electrons. The summed E-state index contributed by atoms with van der Waals surface area (Å²) < 4.78 is 13.6. The molecule has 5 rings (SSSR count). The Bertz CT molecular complexity index is 1340. The molecule has 9 nitrogen and oxygen atoms in total. The van der Waals surface area contributed by atoms with E-state index in [4.69, 9.17) is 9.97 Å². The Kier molecular flexibility index (Phi) is 6.19. The van der Waals surface area contributed by atoms with Crippen LogP contribution in [0.1, 0.15) is 42.5 Å². The summed E-state index contributed by atoms with van der Waals surface area (Å²) in [5.41, 5.74) is 2.06. The predicted octanol–water partition coefficient (Wildman–Crippen LogP) is 2.83. The Morgan fingerprint density at radius 1 is 1.11 bits per heavy atom. The number of carbonyl (C=O) groups is 2. The number of nitrogens with zero attached hydrogens (tertiary/aromatic N) is 7. The van der Waals surface area contributed by atoms with E-state index < -0.39 is 0 Å². The first-order chi connectivity index (χ1) is 17.2. The zero-order chi connectivity index (χ0) is 25.6. The number of amides is 2. The van der Waals surface area contributed by atoms with Gasteiger partial charge < -0.3 is 19.6 Å². The summed E-state index contributed by atoms with van der Waals surface area (Å²) in [6.45, 7) is 8.86. The number of fused-ring (bicyclic) bond motifs is 2. The van der Waals surface area contributed by atoms with E-state index in [1.54, 1.807) is 29.0 Å². The van der Waals surface area contributed by atoms with Crippen LogP contribution in [0.2, 0.25) is 0 Å². The molecule has 0 spiro atoms. The summed E-state index contributed by atoms with van der Waals surface area (Å²) in [4.78, 5) is 46.7. The van der Waals surface area contributed by atoms with Crippen LogP contribution >= 0.6 is 0 Å². The van der Waals surface area contributed by atoms with Crippen molar-refractivity contribution in [2.24, 2.45) is 0 Å². The predicted molar refractivity (Wildman–Crippen MR) is 135 cm³/mol. The van der Waals surface area contributed by atoms with Crippen LogP contribution in [-0.4, -0.2) is 75.8 Å². The average molecular weight is 492 g/mol. The van der Waals surface area contributed by atoms with Crippen LogP contribution in [0.4, 0.5) is 16.2 Å². The molecular formula is C26H30FN7O2. The van der Waals surface area contributed by atoms with E-state index in [9.17, 15) is 14.0 Å². The summed E-state index contributed by atoms with van der Waals surface area (Å²) in [6, 6.07) is 6.64. The molecule has 0 unspecified atom stereocenters. The van der Waals surface area contributed by atoms with E-state index in [0.717, 1.165) is 22.0 Å². The second-order valence-corrected chi connectivity index (χ2v) is 9.72. The number of carbonyl (C=O) groups excluding carboxylic acids is 2. The molecule has 0 aliphatic carbocycles. The molecule has 1 aromatic carbocycles. The molecule has 10 heteroatoms.